The molecule has 1 fully saturated rings. The molecule has 2 aromatic heterocycles. The van der Waals surface area contributed by atoms with Gasteiger partial charge in [-0.25, -0.2) is 0 Å². The first-order chi connectivity index (χ1) is 10.1. The third-order valence-electron chi connectivity index (χ3n) is 4.02. The van der Waals surface area contributed by atoms with Crippen LogP contribution in [0.3, 0.4) is 0 Å². The molecule has 2 atom stereocenters. The summed E-state index contributed by atoms with van der Waals surface area (Å²) >= 11 is 0. The Kier molecular flexibility index (Phi) is 3.77. The lowest BCUT2D eigenvalue weighted by Gasteiger charge is -2.24. The molecule has 0 radical (unpaired) electrons. The SMILES string of the molecule is Cc1nc([C@H]2CCCN2C(=O)C[C@@H](C)n2cccc2)no1. The Labute approximate surface area is 123 Å². The molecule has 21 heavy (non-hydrogen) atoms. The summed E-state index contributed by atoms with van der Waals surface area (Å²) in [7, 11) is 0. The molecular weight excluding hydrogens is 268 g/mol. The molecule has 3 heterocycles. The van der Waals surface area contributed by atoms with Crippen LogP contribution in [0.5, 0.6) is 0 Å². The molecule has 0 spiro atoms. The molecule has 1 aliphatic rings. The second-order valence-corrected chi connectivity index (χ2v) is 5.60. The monoisotopic (exact) mass is 288 g/mol. The molecule has 1 amide bonds. The third kappa shape index (κ3) is 2.84. The highest BCUT2D eigenvalue weighted by Crippen LogP contribution is 2.31. The number of hydrogen-bond acceptors (Lipinski definition) is 4. The molecule has 3 rings (SSSR count). The van der Waals surface area contributed by atoms with Crippen molar-refractivity contribution in [1.82, 2.24) is 19.6 Å². The second kappa shape index (κ2) is 5.71. The highest BCUT2D eigenvalue weighted by Gasteiger charge is 2.33. The van der Waals surface area contributed by atoms with Gasteiger partial charge in [0.2, 0.25) is 11.8 Å². The number of rotatable bonds is 4. The van der Waals surface area contributed by atoms with Gasteiger partial charge in [0.1, 0.15) is 0 Å². The molecule has 0 N–H and O–H groups in total. The summed E-state index contributed by atoms with van der Waals surface area (Å²) in [5.41, 5.74) is 0. The number of carbonyl (C=O) groups is 1. The molecule has 1 saturated heterocycles. The van der Waals surface area contributed by atoms with Crippen molar-refractivity contribution in [2.24, 2.45) is 0 Å². The summed E-state index contributed by atoms with van der Waals surface area (Å²) in [6.45, 7) is 4.60. The van der Waals surface area contributed by atoms with Gasteiger partial charge in [-0.15, -0.1) is 0 Å². The van der Waals surface area contributed by atoms with Crippen molar-refractivity contribution in [3.63, 3.8) is 0 Å². The number of amides is 1. The van der Waals surface area contributed by atoms with Crippen molar-refractivity contribution < 1.29 is 9.32 Å². The van der Waals surface area contributed by atoms with Gasteiger partial charge in [-0.1, -0.05) is 5.16 Å². The van der Waals surface area contributed by atoms with Crippen LogP contribution in [0.15, 0.2) is 29.0 Å². The van der Waals surface area contributed by atoms with E-state index in [1.807, 2.05) is 29.4 Å². The van der Waals surface area contributed by atoms with E-state index >= 15 is 0 Å². The van der Waals surface area contributed by atoms with Crippen LogP contribution in [0.2, 0.25) is 0 Å². The van der Waals surface area contributed by atoms with Crippen LogP contribution in [-0.2, 0) is 4.79 Å². The Balaban J connectivity index is 1.68. The van der Waals surface area contributed by atoms with E-state index in [2.05, 4.69) is 21.6 Å². The lowest BCUT2D eigenvalue weighted by molar-refractivity contribution is -0.133. The zero-order valence-electron chi connectivity index (χ0n) is 12.4. The Hall–Kier alpha value is -2.11. The largest absolute Gasteiger partial charge is 0.351 e. The summed E-state index contributed by atoms with van der Waals surface area (Å²) in [5, 5.41) is 3.97. The first-order valence-electron chi connectivity index (χ1n) is 7.37. The fraction of sp³-hybridized carbons (Fsp3) is 0.533. The molecule has 112 valence electrons. The van der Waals surface area contributed by atoms with Gasteiger partial charge in [0.05, 0.1) is 6.04 Å². The number of nitrogens with zero attached hydrogens (tertiary/aromatic N) is 4. The van der Waals surface area contributed by atoms with Crippen molar-refractivity contribution in [2.45, 2.75) is 45.2 Å². The second-order valence-electron chi connectivity index (χ2n) is 5.60. The van der Waals surface area contributed by atoms with E-state index in [9.17, 15) is 4.79 Å². The van der Waals surface area contributed by atoms with Crippen molar-refractivity contribution in [3.8, 4) is 0 Å². The standard InChI is InChI=1S/C15H20N4O2/c1-11(18-7-3-4-8-18)10-14(20)19-9-5-6-13(19)15-16-12(2)21-17-15/h3-4,7-8,11,13H,5-6,9-10H2,1-2H3/t11-,13-/m1/s1. The first-order valence-corrected chi connectivity index (χ1v) is 7.37. The fourth-order valence-electron chi connectivity index (χ4n) is 2.90. The minimum atomic E-state index is -0.0354. The van der Waals surface area contributed by atoms with Crippen LogP contribution in [0.1, 0.15) is 50.0 Å². The predicted molar refractivity (Wildman–Crippen MR) is 76.5 cm³/mol. The smallest absolute Gasteiger partial charge is 0.225 e. The van der Waals surface area contributed by atoms with E-state index in [1.54, 1.807) is 6.92 Å². The van der Waals surface area contributed by atoms with E-state index in [0.29, 0.717) is 18.1 Å². The van der Waals surface area contributed by atoms with E-state index in [4.69, 9.17) is 4.52 Å². The summed E-state index contributed by atoms with van der Waals surface area (Å²) in [5.74, 6) is 1.33. The summed E-state index contributed by atoms with van der Waals surface area (Å²) in [6.07, 6.45) is 6.36. The van der Waals surface area contributed by atoms with Gasteiger partial charge >= 0.3 is 0 Å². The summed E-state index contributed by atoms with van der Waals surface area (Å²) < 4.78 is 7.10. The van der Waals surface area contributed by atoms with Crippen molar-refractivity contribution in [3.05, 3.63) is 36.2 Å². The molecule has 1 aliphatic heterocycles. The maximum absolute atomic E-state index is 12.6. The lowest BCUT2D eigenvalue weighted by atomic mass is 10.1. The Morgan fingerprint density at radius 3 is 2.90 bits per heavy atom. The van der Waals surface area contributed by atoms with Gasteiger partial charge in [0, 0.05) is 38.3 Å². The van der Waals surface area contributed by atoms with Crippen LogP contribution >= 0.6 is 0 Å². The topological polar surface area (TPSA) is 64.2 Å². The highest BCUT2D eigenvalue weighted by atomic mass is 16.5. The van der Waals surface area contributed by atoms with Crippen LogP contribution in [0, 0.1) is 6.92 Å². The van der Waals surface area contributed by atoms with Gasteiger partial charge in [-0.3, -0.25) is 4.79 Å². The van der Waals surface area contributed by atoms with Crippen LogP contribution < -0.4 is 0 Å². The van der Waals surface area contributed by atoms with Crippen molar-refractivity contribution in [2.75, 3.05) is 6.54 Å². The molecule has 0 unspecified atom stereocenters. The fourth-order valence-corrected chi connectivity index (χ4v) is 2.90. The number of aromatic nitrogens is 3. The third-order valence-corrected chi connectivity index (χ3v) is 4.02. The van der Waals surface area contributed by atoms with Crippen LogP contribution in [-0.4, -0.2) is 32.1 Å². The molecule has 6 heteroatoms. The van der Waals surface area contributed by atoms with Crippen molar-refractivity contribution >= 4 is 5.91 Å². The quantitative estimate of drug-likeness (QED) is 0.867. The van der Waals surface area contributed by atoms with Crippen molar-refractivity contribution in [1.29, 1.82) is 0 Å². The first kappa shape index (κ1) is 13.9. The molecule has 2 aromatic rings. The maximum atomic E-state index is 12.6. The average molecular weight is 288 g/mol. The molecule has 0 saturated carbocycles. The average Bonchev–Trinajstić information content (AvgIpc) is 3.19. The zero-order chi connectivity index (χ0) is 14.8. The molecule has 0 bridgehead atoms. The number of likely N-dealkylation sites (tertiary alicyclic amines) is 1. The molecule has 0 aliphatic carbocycles. The minimum absolute atomic E-state index is 0.0354. The Morgan fingerprint density at radius 2 is 2.24 bits per heavy atom. The maximum Gasteiger partial charge on any atom is 0.225 e. The van der Waals surface area contributed by atoms with E-state index in [1.165, 1.54) is 0 Å². The van der Waals surface area contributed by atoms with Gasteiger partial charge in [-0.05, 0) is 31.9 Å². The molecule has 0 aromatic carbocycles. The molecular formula is C15H20N4O2. The predicted octanol–water partition coefficient (Wildman–Crippen LogP) is 2.49. The minimum Gasteiger partial charge on any atom is -0.351 e. The summed E-state index contributed by atoms with van der Waals surface area (Å²) in [4.78, 5) is 18.7. The summed E-state index contributed by atoms with van der Waals surface area (Å²) in [6, 6.07) is 4.07. The Morgan fingerprint density at radius 1 is 1.48 bits per heavy atom. The zero-order valence-corrected chi connectivity index (χ0v) is 12.4. The highest BCUT2D eigenvalue weighted by molar-refractivity contribution is 5.77. The van der Waals surface area contributed by atoms with Crippen LogP contribution in [0.25, 0.3) is 0 Å². The number of aryl methyl sites for hydroxylation is 1. The molecule has 6 nitrogen and oxygen atoms in total. The van der Waals surface area contributed by atoms with Gasteiger partial charge in [-0.2, -0.15) is 4.98 Å². The lowest BCUT2D eigenvalue weighted by Crippen LogP contribution is -2.32. The van der Waals surface area contributed by atoms with Gasteiger partial charge < -0.3 is 14.0 Å². The number of carbonyl (C=O) groups excluding carboxylic acids is 1. The Bertz CT molecular complexity index is 605. The van der Waals surface area contributed by atoms with E-state index in [0.717, 1.165) is 19.4 Å². The van der Waals surface area contributed by atoms with E-state index in [-0.39, 0.29) is 18.0 Å². The van der Waals surface area contributed by atoms with E-state index < -0.39 is 0 Å². The van der Waals surface area contributed by atoms with Gasteiger partial charge in [0.15, 0.2) is 5.82 Å². The van der Waals surface area contributed by atoms with Crippen LogP contribution in [0.4, 0.5) is 0 Å². The number of hydrogen-bond donors (Lipinski definition) is 0. The normalized spacial score (nSPS) is 19.9. The van der Waals surface area contributed by atoms with Gasteiger partial charge in [0.25, 0.3) is 0 Å².